The summed E-state index contributed by atoms with van der Waals surface area (Å²) in [5.74, 6) is -9.12. The zero-order valence-corrected chi connectivity index (χ0v) is 6.26. The van der Waals surface area contributed by atoms with Gasteiger partial charge < -0.3 is 0 Å². The summed E-state index contributed by atoms with van der Waals surface area (Å²) in [6, 6.07) is 0. The van der Waals surface area contributed by atoms with Crippen molar-refractivity contribution in [3.8, 4) is 0 Å². The first-order valence-electron chi connectivity index (χ1n) is 2.71. The van der Waals surface area contributed by atoms with Crippen molar-refractivity contribution in [1.29, 1.82) is 0 Å². The fraction of sp³-hybridized carbons (Fsp3) is 0.800. The number of hydrogen-bond acceptors (Lipinski definition) is 1. The minimum absolute atomic E-state index is 0.841. The molecule has 0 heterocycles. The van der Waals surface area contributed by atoms with E-state index in [9.17, 15) is 22.4 Å². The van der Waals surface area contributed by atoms with Crippen molar-refractivity contribution >= 4 is 16.8 Å². The molecule has 0 bridgehead atoms. The normalized spacial score (nSPS) is 13.3. The molecule has 6 heteroatoms. The molecule has 0 aromatic rings. The van der Waals surface area contributed by atoms with Gasteiger partial charge in [0.1, 0.15) is 0 Å². The Bertz CT molecular complexity index is 168. The molecule has 1 nitrogen and oxygen atoms in total. The van der Waals surface area contributed by atoms with Crippen molar-refractivity contribution in [2.45, 2.75) is 25.2 Å². The van der Waals surface area contributed by atoms with Gasteiger partial charge in [-0.2, -0.15) is 17.6 Å². The van der Waals surface area contributed by atoms with E-state index in [0.717, 1.165) is 6.92 Å². The molecule has 11 heavy (non-hydrogen) atoms. The van der Waals surface area contributed by atoms with Gasteiger partial charge in [-0.3, -0.25) is 4.79 Å². The van der Waals surface area contributed by atoms with E-state index >= 15 is 0 Å². The molecule has 0 aromatic carbocycles. The highest BCUT2D eigenvalue weighted by Gasteiger charge is 2.59. The number of alkyl halides is 4. The minimum atomic E-state index is -4.76. The van der Waals surface area contributed by atoms with Crippen molar-refractivity contribution in [1.82, 2.24) is 0 Å². The second-order valence-electron chi connectivity index (χ2n) is 1.91. The predicted molar refractivity (Wildman–Crippen MR) is 31.0 cm³/mol. The van der Waals surface area contributed by atoms with E-state index in [2.05, 4.69) is 11.6 Å². The van der Waals surface area contributed by atoms with Gasteiger partial charge in [-0.1, -0.05) is 6.92 Å². The third-order valence-electron chi connectivity index (χ3n) is 1.15. The second kappa shape index (κ2) is 2.97. The standard InChI is InChI=1S/C5H5ClF4O/c1-2-4(7,8)5(9,10)3(6)11/h2H2,1H3. The average molecular weight is 193 g/mol. The van der Waals surface area contributed by atoms with E-state index in [1.54, 1.807) is 0 Å². The molecule has 0 atom stereocenters. The van der Waals surface area contributed by atoms with Crippen LogP contribution < -0.4 is 0 Å². The van der Waals surface area contributed by atoms with Crippen LogP contribution >= 0.6 is 11.6 Å². The van der Waals surface area contributed by atoms with Crippen molar-refractivity contribution in [2.75, 3.05) is 0 Å². The molecule has 0 saturated heterocycles. The Balaban J connectivity index is 4.67. The highest BCUT2D eigenvalue weighted by molar-refractivity contribution is 6.65. The van der Waals surface area contributed by atoms with E-state index in [-0.39, 0.29) is 0 Å². The molecule has 0 fully saturated rings. The van der Waals surface area contributed by atoms with Gasteiger partial charge in [0.25, 0.3) is 5.24 Å². The zero-order valence-electron chi connectivity index (χ0n) is 5.51. The molecular weight excluding hydrogens is 187 g/mol. The van der Waals surface area contributed by atoms with Gasteiger partial charge in [-0.05, 0) is 11.6 Å². The zero-order chi connectivity index (χ0) is 9.28. The van der Waals surface area contributed by atoms with Crippen molar-refractivity contribution in [3.05, 3.63) is 0 Å². The third-order valence-corrected chi connectivity index (χ3v) is 1.39. The molecule has 0 unspecified atom stereocenters. The lowest BCUT2D eigenvalue weighted by Gasteiger charge is -2.21. The highest BCUT2D eigenvalue weighted by atomic mass is 35.5. The number of rotatable bonds is 3. The van der Waals surface area contributed by atoms with Crippen LogP contribution in [0.25, 0.3) is 0 Å². The van der Waals surface area contributed by atoms with E-state index in [0.29, 0.717) is 0 Å². The van der Waals surface area contributed by atoms with E-state index < -0.39 is 23.5 Å². The average Bonchev–Trinajstić information content (AvgIpc) is 1.87. The van der Waals surface area contributed by atoms with E-state index in [4.69, 9.17) is 0 Å². The van der Waals surface area contributed by atoms with Crippen molar-refractivity contribution in [3.63, 3.8) is 0 Å². The molecule has 66 valence electrons. The minimum Gasteiger partial charge on any atom is -0.274 e. The first-order chi connectivity index (χ1) is 4.75. The summed E-state index contributed by atoms with van der Waals surface area (Å²) in [7, 11) is 0. The van der Waals surface area contributed by atoms with Gasteiger partial charge in [0, 0.05) is 6.42 Å². The largest absolute Gasteiger partial charge is 0.381 e. The molecule has 0 aliphatic rings. The fourth-order valence-electron chi connectivity index (χ4n) is 0.366. The van der Waals surface area contributed by atoms with Crippen LogP contribution in [0, 0.1) is 0 Å². The molecule has 0 N–H and O–H groups in total. The number of hydrogen-bond donors (Lipinski definition) is 0. The van der Waals surface area contributed by atoms with Crippen LogP contribution in [0.2, 0.25) is 0 Å². The van der Waals surface area contributed by atoms with Gasteiger partial charge in [0.05, 0.1) is 0 Å². The van der Waals surface area contributed by atoms with Crippen LogP contribution in [-0.2, 0) is 4.79 Å². The Morgan fingerprint density at radius 3 is 1.82 bits per heavy atom. The maximum Gasteiger partial charge on any atom is 0.381 e. The fourth-order valence-corrected chi connectivity index (χ4v) is 0.504. The third kappa shape index (κ3) is 1.83. The molecular formula is C5H5ClF4O. The van der Waals surface area contributed by atoms with E-state index in [1.165, 1.54) is 0 Å². The maximum absolute atomic E-state index is 12.1. The molecule has 0 amide bonds. The van der Waals surface area contributed by atoms with E-state index in [1.807, 2.05) is 0 Å². The Morgan fingerprint density at radius 2 is 1.73 bits per heavy atom. The smallest absolute Gasteiger partial charge is 0.274 e. The van der Waals surface area contributed by atoms with Gasteiger partial charge in [0.2, 0.25) is 0 Å². The SMILES string of the molecule is CCC(F)(F)C(F)(F)C(=O)Cl. The van der Waals surface area contributed by atoms with Crippen LogP contribution in [0.3, 0.4) is 0 Å². The Labute approximate surface area is 65.3 Å². The predicted octanol–water partition coefficient (Wildman–Crippen LogP) is 2.43. The molecule has 0 radical (unpaired) electrons. The topological polar surface area (TPSA) is 17.1 Å². The lowest BCUT2D eigenvalue weighted by Crippen LogP contribution is -2.44. The highest BCUT2D eigenvalue weighted by Crippen LogP contribution is 2.38. The lowest BCUT2D eigenvalue weighted by molar-refractivity contribution is -0.202. The number of carbonyl (C=O) groups is 1. The van der Waals surface area contributed by atoms with Crippen molar-refractivity contribution < 1.29 is 22.4 Å². The van der Waals surface area contributed by atoms with Crippen LogP contribution in [-0.4, -0.2) is 17.1 Å². The molecule has 0 aromatic heterocycles. The van der Waals surface area contributed by atoms with Crippen LogP contribution in [0.15, 0.2) is 0 Å². The molecule has 0 rings (SSSR count). The summed E-state index contributed by atoms with van der Waals surface area (Å²) in [5, 5.41) is -2.33. The summed E-state index contributed by atoms with van der Waals surface area (Å²) in [4.78, 5) is 9.81. The van der Waals surface area contributed by atoms with Gasteiger partial charge >= 0.3 is 11.8 Å². The Morgan fingerprint density at radius 1 is 1.36 bits per heavy atom. The second-order valence-corrected chi connectivity index (χ2v) is 2.25. The monoisotopic (exact) mass is 192 g/mol. The first-order valence-corrected chi connectivity index (χ1v) is 3.09. The molecule has 0 aliphatic carbocycles. The number of halogens is 5. The number of carbonyl (C=O) groups excluding carboxylic acids is 1. The summed E-state index contributed by atoms with van der Waals surface area (Å²) >= 11 is 4.26. The summed E-state index contributed by atoms with van der Waals surface area (Å²) < 4.78 is 48.4. The van der Waals surface area contributed by atoms with Crippen molar-refractivity contribution in [2.24, 2.45) is 0 Å². The molecule has 0 saturated carbocycles. The lowest BCUT2D eigenvalue weighted by atomic mass is 10.1. The summed E-state index contributed by atoms with van der Waals surface area (Å²) in [6.45, 7) is 0.841. The van der Waals surface area contributed by atoms with Crippen LogP contribution in [0.1, 0.15) is 13.3 Å². The maximum atomic E-state index is 12.1. The Hall–Kier alpha value is -0.320. The summed E-state index contributed by atoms with van der Waals surface area (Å²) in [5.41, 5.74) is 0. The van der Waals surface area contributed by atoms with Gasteiger partial charge in [-0.15, -0.1) is 0 Å². The summed E-state index contributed by atoms with van der Waals surface area (Å²) in [6.07, 6.45) is -1.13. The van der Waals surface area contributed by atoms with Gasteiger partial charge in [0.15, 0.2) is 0 Å². The quantitative estimate of drug-likeness (QED) is 0.496. The van der Waals surface area contributed by atoms with Crippen LogP contribution in [0.4, 0.5) is 17.6 Å². The molecule has 0 aliphatic heterocycles. The molecule has 0 spiro atoms. The van der Waals surface area contributed by atoms with Crippen LogP contribution in [0.5, 0.6) is 0 Å². The van der Waals surface area contributed by atoms with Gasteiger partial charge in [-0.25, -0.2) is 0 Å². The first kappa shape index (κ1) is 10.7. The Kier molecular flexibility index (Phi) is 2.88.